The monoisotopic (exact) mass is 392 g/mol. The molecule has 0 radical (unpaired) electrons. The van der Waals surface area contributed by atoms with Crippen molar-refractivity contribution in [2.24, 2.45) is 4.40 Å². The molecule has 2 aromatic rings. The van der Waals surface area contributed by atoms with Gasteiger partial charge in [-0.25, -0.2) is 0 Å². The molecule has 0 aliphatic carbocycles. The van der Waals surface area contributed by atoms with Crippen molar-refractivity contribution >= 4 is 33.1 Å². The topological polar surface area (TPSA) is 78.8 Å². The van der Waals surface area contributed by atoms with Gasteiger partial charge in [-0.15, -0.1) is 4.40 Å². The molecule has 0 amide bonds. The van der Waals surface area contributed by atoms with Crippen molar-refractivity contribution in [1.29, 1.82) is 0 Å². The number of fused-ring (bicyclic) bond motifs is 1. The van der Waals surface area contributed by atoms with E-state index in [-0.39, 0.29) is 21.9 Å². The van der Waals surface area contributed by atoms with Gasteiger partial charge in [0.15, 0.2) is 5.84 Å². The molecular weight excluding hydrogens is 372 g/mol. The van der Waals surface area contributed by atoms with E-state index in [1.165, 1.54) is 18.2 Å². The highest BCUT2D eigenvalue weighted by molar-refractivity contribution is 7.90. The molecular formula is C19H21ClN2O3S. The van der Waals surface area contributed by atoms with Crippen LogP contribution in [0.25, 0.3) is 0 Å². The zero-order valence-electron chi connectivity index (χ0n) is 15.3. The van der Waals surface area contributed by atoms with E-state index in [1.54, 1.807) is 0 Å². The van der Waals surface area contributed by atoms with E-state index in [2.05, 4.69) is 9.71 Å². The number of aromatic hydroxyl groups is 1. The maximum absolute atomic E-state index is 12.6. The van der Waals surface area contributed by atoms with Crippen molar-refractivity contribution < 1.29 is 13.5 Å². The van der Waals surface area contributed by atoms with Crippen molar-refractivity contribution in [3.63, 3.8) is 0 Å². The molecule has 1 aliphatic rings. The first-order valence-electron chi connectivity index (χ1n) is 8.17. The molecule has 0 bridgehead atoms. The van der Waals surface area contributed by atoms with E-state index in [4.69, 9.17) is 11.6 Å². The number of benzene rings is 2. The van der Waals surface area contributed by atoms with Crippen LogP contribution < -0.4 is 5.32 Å². The number of hydrogen-bond acceptors (Lipinski definition) is 4. The number of nitrogens with zero attached hydrogens (tertiary/aromatic N) is 1. The van der Waals surface area contributed by atoms with Crippen LogP contribution in [0.15, 0.2) is 33.6 Å². The standard InChI is InChI=1S/C19H21ClN2O3S/c1-10-8-13(19(3,4)5)17(23)16(11(10)2)18-21-14-9-12(20)6-7-15(14)26(24,25)22-18/h6-9,23H,1-5H3,(H,21,22). The van der Waals surface area contributed by atoms with Gasteiger partial charge in [0.1, 0.15) is 10.6 Å². The Labute approximate surface area is 158 Å². The number of amidine groups is 1. The summed E-state index contributed by atoms with van der Waals surface area (Å²) in [6.07, 6.45) is 0. The van der Waals surface area contributed by atoms with Gasteiger partial charge in [-0.1, -0.05) is 38.4 Å². The third-order valence-corrected chi connectivity index (χ3v) is 6.12. The number of phenols is 1. The Morgan fingerprint density at radius 2 is 1.81 bits per heavy atom. The van der Waals surface area contributed by atoms with Crippen molar-refractivity contribution in [3.05, 3.63) is 51.5 Å². The Kier molecular flexibility index (Phi) is 4.32. The van der Waals surface area contributed by atoms with Gasteiger partial charge in [0, 0.05) is 10.6 Å². The summed E-state index contributed by atoms with van der Waals surface area (Å²) in [4.78, 5) is 0.0616. The zero-order valence-corrected chi connectivity index (χ0v) is 16.9. The van der Waals surface area contributed by atoms with Gasteiger partial charge >= 0.3 is 0 Å². The molecule has 1 aliphatic heterocycles. The van der Waals surface area contributed by atoms with Crippen molar-refractivity contribution in [2.75, 3.05) is 5.32 Å². The Hall–Kier alpha value is -2.05. The number of nitrogens with one attached hydrogen (secondary N) is 1. The average molecular weight is 393 g/mol. The summed E-state index contributed by atoms with van der Waals surface area (Å²) in [6, 6.07) is 6.39. The highest BCUT2D eigenvalue weighted by Gasteiger charge is 2.30. The van der Waals surface area contributed by atoms with Crippen LogP contribution >= 0.6 is 11.6 Å². The minimum Gasteiger partial charge on any atom is -0.507 e. The van der Waals surface area contributed by atoms with E-state index >= 15 is 0 Å². The largest absolute Gasteiger partial charge is 0.507 e. The number of anilines is 1. The van der Waals surface area contributed by atoms with Gasteiger partial charge in [0.05, 0.1) is 11.3 Å². The van der Waals surface area contributed by atoms with Gasteiger partial charge < -0.3 is 10.4 Å². The molecule has 26 heavy (non-hydrogen) atoms. The molecule has 0 saturated heterocycles. The van der Waals surface area contributed by atoms with Gasteiger partial charge in [-0.2, -0.15) is 8.42 Å². The third-order valence-electron chi connectivity index (χ3n) is 4.55. The maximum atomic E-state index is 12.6. The van der Waals surface area contributed by atoms with E-state index in [9.17, 15) is 13.5 Å². The van der Waals surface area contributed by atoms with Gasteiger partial charge in [-0.05, 0) is 48.6 Å². The molecule has 5 nitrogen and oxygen atoms in total. The van der Waals surface area contributed by atoms with Crippen LogP contribution in [0.2, 0.25) is 5.02 Å². The molecule has 138 valence electrons. The summed E-state index contributed by atoms with van der Waals surface area (Å²) in [5, 5.41) is 14.3. The van der Waals surface area contributed by atoms with Crippen LogP contribution in [-0.4, -0.2) is 19.4 Å². The van der Waals surface area contributed by atoms with Crippen LogP contribution in [-0.2, 0) is 15.4 Å². The first kappa shape index (κ1) is 18.7. The summed E-state index contributed by atoms with van der Waals surface area (Å²) >= 11 is 6.01. The molecule has 0 spiro atoms. The lowest BCUT2D eigenvalue weighted by atomic mass is 9.82. The van der Waals surface area contributed by atoms with E-state index in [0.29, 0.717) is 16.3 Å². The lowest BCUT2D eigenvalue weighted by Crippen LogP contribution is -2.25. The predicted octanol–water partition coefficient (Wildman–Crippen LogP) is 4.52. The third kappa shape index (κ3) is 3.08. The Morgan fingerprint density at radius 1 is 1.15 bits per heavy atom. The molecule has 7 heteroatoms. The molecule has 0 unspecified atom stereocenters. The van der Waals surface area contributed by atoms with Crippen LogP contribution in [0, 0.1) is 13.8 Å². The maximum Gasteiger partial charge on any atom is 0.286 e. The van der Waals surface area contributed by atoms with Gasteiger partial charge in [-0.3, -0.25) is 0 Å². The molecule has 1 heterocycles. The van der Waals surface area contributed by atoms with Crippen LogP contribution in [0.4, 0.5) is 5.69 Å². The minimum absolute atomic E-state index is 0.0347. The van der Waals surface area contributed by atoms with Gasteiger partial charge in [0.2, 0.25) is 0 Å². The number of rotatable bonds is 1. The van der Waals surface area contributed by atoms with E-state index in [0.717, 1.165) is 16.7 Å². The predicted molar refractivity (Wildman–Crippen MR) is 105 cm³/mol. The van der Waals surface area contributed by atoms with Crippen LogP contribution in [0.1, 0.15) is 43.0 Å². The summed E-state index contributed by atoms with van der Waals surface area (Å²) in [5.41, 5.74) is 2.87. The first-order chi connectivity index (χ1) is 11.9. The van der Waals surface area contributed by atoms with Crippen LogP contribution in [0.3, 0.4) is 0 Å². The summed E-state index contributed by atoms with van der Waals surface area (Å²) < 4.78 is 29.1. The summed E-state index contributed by atoms with van der Waals surface area (Å²) in [6.45, 7) is 9.73. The molecule has 0 saturated carbocycles. The smallest absolute Gasteiger partial charge is 0.286 e. The van der Waals surface area contributed by atoms with Crippen molar-refractivity contribution in [1.82, 2.24) is 0 Å². The highest BCUT2D eigenvalue weighted by atomic mass is 35.5. The number of phenolic OH excluding ortho intramolecular Hbond substituents is 1. The lowest BCUT2D eigenvalue weighted by molar-refractivity contribution is 0.445. The Morgan fingerprint density at radius 3 is 2.42 bits per heavy atom. The fourth-order valence-electron chi connectivity index (χ4n) is 3.02. The van der Waals surface area contributed by atoms with Gasteiger partial charge in [0.25, 0.3) is 10.0 Å². The number of halogens is 1. The summed E-state index contributed by atoms with van der Waals surface area (Å²) in [5.74, 6) is 0.136. The fraction of sp³-hybridized carbons (Fsp3) is 0.316. The molecule has 2 aromatic carbocycles. The second-order valence-electron chi connectivity index (χ2n) is 7.52. The zero-order chi connectivity index (χ0) is 19.4. The second-order valence-corrected chi connectivity index (χ2v) is 9.53. The fourth-order valence-corrected chi connectivity index (χ4v) is 4.29. The molecule has 3 rings (SSSR count). The Balaban J connectivity index is 2.29. The molecule has 0 fully saturated rings. The Bertz CT molecular complexity index is 1050. The molecule has 0 atom stereocenters. The van der Waals surface area contributed by atoms with Crippen molar-refractivity contribution in [3.8, 4) is 5.75 Å². The highest BCUT2D eigenvalue weighted by Crippen LogP contribution is 2.39. The first-order valence-corrected chi connectivity index (χ1v) is 9.99. The van der Waals surface area contributed by atoms with E-state index in [1.807, 2.05) is 40.7 Å². The second kappa shape index (κ2) is 5.99. The van der Waals surface area contributed by atoms with E-state index < -0.39 is 10.0 Å². The number of sulfonamides is 1. The van der Waals surface area contributed by atoms with Crippen molar-refractivity contribution in [2.45, 2.75) is 44.9 Å². The quantitative estimate of drug-likeness (QED) is 0.747. The minimum atomic E-state index is -3.90. The molecule has 0 aromatic heterocycles. The number of hydrogen-bond donors (Lipinski definition) is 2. The SMILES string of the molecule is Cc1cc(C(C)(C)C)c(O)c(C2=NS(=O)(=O)c3ccc(Cl)cc3N2)c1C. The van der Waals surface area contributed by atoms with Crippen LogP contribution in [0.5, 0.6) is 5.75 Å². The molecule has 2 N–H and O–H groups in total. The average Bonchev–Trinajstić information content (AvgIpc) is 2.48. The number of aryl methyl sites for hydroxylation is 1. The normalized spacial score (nSPS) is 15.8. The summed E-state index contributed by atoms with van der Waals surface area (Å²) in [7, 11) is -3.90. The lowest BCUT2D eigenvalue weighted by Gasteiger charge is -2.26.